The van der Waals surface area contributed by atoms with Gasteiger partial charge in [0.2, 0.25) is 10.0 Å². The molecule has 6 heteroatoms. The molecule has 0 aliphatic carbocycles. The van der Waals surface area contributed by atoms with E-state index in [1.807, 2.05) is 25.1 Å². The molecule has 0 spiro atoms. The standard InChI is InChI=1S/C14H21ClN2O2S/c1-11(12-4-3-5-13(15)10-12)17(2)20(18,19)14-6-8-16-9-7-14/h3-5,10-11,14,16H,6-9H2,1-2H3. The molecule has 1 heterocycles. The van der Waals surface area contributed by atoms with Crippen LogP contribution >= 0.6 is 11.6 Å². The quantitative estimate of drug-likeness (QED) is 0.928. The molecule has 1 atom stereocenters. The molecule has 1 aromatic carbocycles. The SMILES string of the molecule is CC(c1cccc(Cl)c1)N(C)S(=O)(=O)C1CCNCC1. The third kappa shape index (κ3) is 3.34. The van der Waals surface area contributed by atoms with Gasteiger partial charge >= 0.3 is 0 Å². The van der Waals surface area contributed by atoms with Gasteiger partial charge in [-0.15, -0.1) is 0 Å². The predicted molar refractivity (Wildman–Crippen MR) is 82.4 cm³/mol. The Labute approximate surface area is 126 Å². The van der Waals surface area contributed by atoms with Gasteiger partial charge in [-0.05, 0) is 50.6 Å². The molecule has 0 radical (unpaired) electrons. The molecule has 1 aliphatic rings. The Hall–Kier alpha value is -0.620. The second kappa shape index (κ2) is 6.43. The van der Waals surface area contributed by atoms with Crippen molar-refractivity contribution in [3.8, 4) is 0 Å². The van der Waals surface area contributed by atoms with E-state index >= 15 is 0 Å². The maximum Gasteiger partial charge on any atom is 0.217 e. The fourth-order valence-corrected chi connectivity index (χ4v) is 4.59. The zero-order valence-electron chi connectivity index (χ0n) is 11.8. The number of hydrogen-bond donors (Lipinski definition) is 1. The summed E-state index contributed by atoms with van der Waals surface area (Å²) >= 11 is 5.98. The molecule has 20 heavy (non-hydrogen) atoms. The summed E-state index contributed by atoms with van der Waals surface area (Å²) in [4.78, 5) is 0. The normalized spacial score (nSPS) is 19.2. The molecule has 1 saturated heterocycles. The first-order valence-corrected chi connectivity index (χ1v) is 8.74. The van der Waals surface area contributed by atoms with Gasteiger partial charge < -0.3 is 5.32 Å². The van der Waals surface area contributed by atoms with Crippen molar-refractivity contribution in [1.82, 2.24) is 9.62 Å². The van der Waals surface area contributed by atoms with Crippen molar-refractivity contribution in [3.63, 3.8) is 0 Å². The number of nitrogens with one attached hydrogen (secondary N) is 1. The summed E-state index contributed by atoms with van der Waals surface area (Å²) in [6, 6.07) is 7.15. The highest BCUT2D eigenvalue weighted by atomic mass is 35.5. The summed E-state index contributed by atoms with van der Waals surface area (Å²) < 4.78 is 26.8. The third-order valence-corrected chi connectivity index (χ3v) is 6.65. The molecular weight excluding hydrogens is 296 g/mol. The molecule has 0 bridgehead atoms. The van der Waals surface area contributed by atoms with Crippen molar-refractivity contribution < 1.29 is 8.42 Å². The van der Waals surface area contributed by atoms with E-state index in [1.165, 1.54) is 4.31 Å². The molecule has 1 fully saturated rings. The van der Waals surface area contributed by atoms with Gasteiger partial charge in [-0.3, -0.25) is 0 Å². The van der Waals surface area contributed by atoms with Gasteiger partial charge in [0.05, 0.1) is 5.25 Å². The van der Waals surface area contributed by atoms with Crippen molar-refractivity contribution >= 4 is 21.6 Å². The third-order valence-electron chi connectivity index (χ3n) is 3.99. The number of hydrogen-bond acceptors (Lipinski definition) is 3. The van der Waals surface area contributed by atoms with E-state index in [-0.39, 0.29) is 11.3 Å². The van der Waals surface area contributed by atoms with Crippen molar-refractivity contribution in [2.75, 3.05) is 20.1 Å². The maximum absolute atomic E-state index is 12.7. The van der Waals surface area contributed by atoms with Crippen molar-refractivity contribution in [2.24, 2.45) is 0 Å². The lowest BCUT2D eigenvalue weighted by Gasteiger charge is -2.31. The van der Waals surface area contributed by atoms with Gasteiger partial charge in [-0.25, -0.2) is 8.42 Å². The number of halogens is 1. The molecule has 2 rings (SSSR count). The average molecular weight is 317 g/mol. The molecule has 1 unspecified atom stereocenters. The van der Waals surface area contributed by atoms with Gasteiger partial charge in [-0.1, -0.05) is 23.7 Å². The van der Waals surface area contributed by atoms with E-state index in [4.69, 9.17) is 11.6 Å². The van der Waals surface area contributed by atoms with Crippen molar-refractivity contribution in [1.29, 1.82) is 0 Å². The minimum absolute atomic E-state index is 0.214. The lowest BCUT2D eigenvalue weighted by atomic mass is 10.1. The molecule has 1 aromatic rings. The van der Waals surface area contributed by atoms with Crippen LogP contribution in [0, 0.1) is 0 Å². The molecule has 0 aromatic heterocycles. The monoisotopic (exact) mass is 316 g/mol. The summed E-state index contributed by atoms with van der Waals surface area (Å²) in [7, 11) is -1.62. The Kier molecular flexibility index (Phi) is 5.07. The van der Waals surface area contributed by atoms with Crippen LogP contribution in [0.1, 0.15) is 31.4 Å². The van der Waals surface area contributed by atoms with E-state index in [0.29, 0.717) is 17.9 Å². The van der Waals surface area contributed by atoms with E-state index in [1.54, 1.807) is 13.1 Å². The van der Waals surface area contributed by atoms with Crippen LogP contribution in [-0.4, -0.2) is 38.1 Å². The Morgan fingerprint density at radius 2 is 2.00 bits per heavy atom. The minimum Gasteiger partial charge on any atom is -0.317 e. The smallest absolute Gasteiger partial charge is 0.217 e. The van der Waals surface area contributed by atoms with Gasteiger partial charge in [0.1, 0.15) is 0 Å². The zero-order valence-corrected chi connectivity index (χ0v) is 13.4. The Morgan fingerprint density at radius 1 is 1.35 bits per heavy atom. The summed E-state index contributed by atoms with van der Waals surface area (Å²) in [6.45, 7) is 3.43. The van der Waals surface area contributed by atoms with Crippen LogP contribution in [0.4, 0.5) is 0 Å². The summed E-state index contributed by atoms with van der Waals surface area (Å²) in [5, 5.41) is 3.54. The highest BCUT2D eigenvalue weighted by Gasteiger charge is 2.33. The molecular formula is C14H21ClN2O2S. The summed E-state index contributed by atoms with van der Waals surface area (Å²) in [5.41, 5.74) is 0.914. The van der Waals surface area contributed by atoms with E-state index in [9.17, 15) is 8.42 Å². The van der Waals surface area contributed by atoms with E-state index in [2.05, 4.69) is 5.32 Å². The van der Waals surface area contributed by atoms with Crippen molar-refractivity contribution in [3.05, 3.63) is 34.9 Å². The Bertz CT molecular complexity index is 556. The summed E-state index contributed by atoms with van der Waals surface area (Å²) in [6.07, 6.45) is 1.35. The largest absolute Gasteiger partial charge is 0.317 e. The highest BCUT2D eigenvalue weighted by molar-refractivity contribution is 7.89. The van der Waals surface area contributed by atoms with Gasteiger partial charge in [0.15, 0.2) is 0 Å². The topological polar surface area (TPSA) is 49.4 Å². The molecule has 1 N–H and O–H groups in total. The van der Waals surface area contributed by atoms with Gasteiger partial charge in [0.25, 0.3) is 0 Å². The first-order valence-electron chi connectivity index (χ1n) is 6.86. The molecule has 0 amide bonds. The van der Waals surface area contributed by atoms with Gasteiger partial charge in [-0.2, -0.15) is 4.31 Å². The second-order valence-electron chi connectivity index (χ2n) is 5.24. The Balaban J connectivity index is 2.18. The highest BCUT2D eigenvalue weighted by Crippen LogP contribution is 2.27. The average Bonchev–Trinajstić information content (AvgIpc) is 2.46. The second-order valence-corrected chi connectivity index (χ2v) is 7.95. The van der Waals surface area contributed by atoms with Crippen LogP contribution in [-0.2, 0) is 10.0 Å². The van der Waals surface area contributed by atoms with Crippen LogP contribution in [0.5, 0.6) is 0 Å². The van der Waals surface area contributed by atoms with Gasteiger partial charge in [0, 0.05) is 18.1 Å². The predicted octanol–water partition coefficient (Wildman–Crippen LogP) is 2.41. The number of piperidine rings is 1. The van der Waals surface area contributed by atoms with Crippen LogP contribution in [0.25, 0.3) is 0 Å². The lowest BCUT2D eigenvalue weighted by Crippen LogP contribution is -2.43. The zero-order chi connectivity index (χ0) is 14.8. The van der Waals surface area contributed by atoms with E-state index < -0.39 is 10.0 Å². The number of rotatable bonds is 4. The number of sulfonamides is 1. The number of nitrogens with zero attached hydrogens (tertiary/aromatic N) is 1. The molecule has 4 nitrogen and oxygen atoms in total. The molecule has 1 aliphatic heterocycles. The van der Waals surface area contributed by atoms with Crippen LogP contribution < -0.4 is 5.32 Å². The molecule has 112 valence electrons. The van der Waals surface area contributed by atoms with Crippen LogP contribution in [0.3, 0.4) is 0 Å². The molecule has 0 saturated carbocycles. The fourth-order valence-electron chi connectivity index (χ4n) is 2.53. The van der Waals surface area contributed by atoms with E-state index in [0.717, 1.165) is 18.7 Å². The first kappa shape index (κ1) is 15.8. The van der Waals surface area contributed by atoms with Crippen LogP contribution in [0.15, 0.2) is 24.3 Å². The fraction of sp³-hybridized carbons (Fsp3) is 0.571. The lowest BCUT2D eigenvalue weighted by molar-refractivity contribution is 0.379. The van der Waals surface area contributed by atoms with Crippen LogP contribution in [0.2, 0.25) is 5.02 Å². The van der Waals surface area contributed by atoms with Crippen molar-refractivity contribution in [2.45, 2.75) is 31.1 Å². The number of benzene rings is 1. The summed E-state index contributed by atoms with van der Waals surface area (Å²) in [5.74, 6) is 0. The minimum atomic E-state index is -3.27. The Morgan fingerprint density at radius 3 is 2.60 bits per heavy atom. The maximum atomic E-state index is 12.7. The first-order chi connectivity index (χ1) is 9.43.